The number of carbonyl (C=O) groups excluding carboxylic acids is 3. The van der Waals surface area contributed by atoms with Crippen LogP contribution in [-0.2, 0) is 35.2 Å². The monoisotopic (exact) mass is 520 g/mol. The minimum atomic E-state index is -1.27. The van der Waals surface area contributed by atoms with E-state index >= 15 is 0 Å². The highest BCUT2D eigenvalue weighted by molar-refractivity contribution is 9.09. The van der Waals surface area contributed by atoms with Crippen molar-refractivity contribution in [3.63, 3.8) is 0 Å². The van der Waals surface area contributed by atoms with Crippen molar-refractivity contribution in [3.8, 4) is 0 Å². The molecule has 1 aromatic carbocycles. The molecule has 0 bridgehead atoms. The van der Waals surface area contributed by atoms with Crippen molar-refractivity contribution in [1.29, 1.82) is 0 Å². The zero-order valence-corrected chi connectivity index (χ0v) is 19.1. The standard InChI is InChI=1S/C20H26Br2O6/c1-20(14-27-17(23)9-5-11-21,15-28-18(24)10-6-12-22)19(25)26-13-16-7-3-2-4-8-16/h2-4,7-8H,5-6,9-15H2,1H3. The Morgan fingerprint density at radius 3 is 1.82 bits per heavy atom. The molecule has 0 radical (unpaired) electrons. The number of benzene rings is 1. The highest BCUT2D eigenvalue weighted by Crippen LogP contribution is 2.22. The molecule has 0 saturated carbocycles. The SMILES string of the molecule is CC(COC(=O)CCCBr)(COC(=O)CCCBr)C(=O)OCc1ccccc1. The molecule has 0 amide bonds. The van der Waals surface area contributed by atoms with Gasteiger partial charge in [0.1, 0.15) is 25.2 Å². The quantitative estimate of drug-likeness (QED) is 0.220. The van der Waals surface area contributed by atoms with Crippen LogP contribution in [0.5, 0.6) is 0 Å². The molecule has 0 unspecified atom stereocenters. The van der Waals surface area contributed by atoms with E-state index in [0.29, 0.717) is 23.5 Å². The first-order chi connectivity index (χ1) is 13.4. The average Bonchev–Trinajstić information content (AvgIpc) is 2.72. The van der Waals surface area contributed by atoms with Crippen molar-refractivity contribution < 1.29 is 28.6 Å². The highest BCUT2D eigenvalue weighted by atomic mass is 79.9. The molecule has 0 aliphatic carbocycles. The summed E-state index contributed by atoms with van der Waals surface area (Å²) in [6.07, 6.45) is 1.75. The Hall–Kier alpha value is -1.41. The van der Waals surface area contributed by atoms with E-state index in [-0.39, 0.29) is 32.7 Å². The lowest BCUT2D eigenvalue weighted by atomic mass is 9.93. The predicted octanol–water partition coefficient (Wildman–Crippen LogP) is 4.17. The number of ether oxygens (including phenoxy) is 3. The average molecular weight is 522 g/mol. The van der Waals surface area contributed by atoms with Gasteiger partial charge in [-0.2, -0.15) is 0 Å². The lowest BCUT2D eigenvalue weighted by Gasteiger charge is -2.26. The molecule has 0 aliphatic heterocycles. The van der Waals surface area contributed by atoms with Crippen LogP contribution in [0.3, 0.4) is 0 Å². The Kier molecular flexibility index (Phi) is 12.1. The Morgan fingerprint density at radius 1 is 0.857 bits per heavy atom. The molecule has 0 spiro atoms. The van der Waals surface area contributed by atoms with Gasteiger partial charge in [-0.15, -0.1) is 0 Å². The molecule has 8 heteroatoms. The van der Waals surface area contributed by atoms with Crippen molar-refractivity contribution in [1.82, 2.24) is 0 Å². The van der Waals surface area contributed by atoms with Crippen molar-refractivity contribution in [2.75, 3.05) is 23.9 Å². The minimum Gasteiger partial charge on any atom is -0.464 e. The van der Waals surface area contributed by atoms with Crippen molar-refractivity contribution in [3.05, 3.63) is 35.9 Å². The first-order valence-electron chi connectivity index (χ1n) is 9.05. The topological polar surface area (TPSA) is 78.9 Å². The van der Waals surface area contributed by atoms with Crippen LogP contribution >= 0.6 is 31.9 Å². The molecule has 0 atom stereocenters. The summed E-state index contributed by atoms with van der Waals surface area (Å²) >= 11 is 6.51. The molecule has 0 N–H and O–H groups in total. The molecule has 156 valence electrons. The van der Waals surface area contributed by atoms with Gasteiger partial charge in [0.05, 0.1) is 0 Å². The third-order valence-electron chi connectivity index (χ3n) is 3.84. The number of carbonyl (C=O) groups is 3. The molecule has 0 aliphatic rings. The summed E-state index contributed by atoms with van der Waals surface area (Å²) in [5.74, 6) is -1.41. The summed E-state index contributed by atoms with van der Waals surface area (Å²) in [5.41, 5.74) is -0.440. The zero-order chi connectivity index (χ0) is 20.8. The summed E-state index contributed by atoms with van der Waals surface area (Å²) in [5, 5.41) is 1.37. The van der Waals surface area contributed by atoms with Crippen LogP contribution in [-0.4, -0.2) is 41.8 Å². The van der Waals surface area contributed by atoms with E-state index < -0.39 is 23.3 Å². The predicted molar refractivity (Wildman–Crippen MR) is 112 cm³/mol. The molecule has 0 saturated heterocycles. The van der Waals surface area contributed by atoms with Crippen LogP contribution in [0, 0.1) is 5.41 Å². The number of hydrogen-bond acceptors (Lipinski definition) is 6. The van der Waals surface area contributed by atoms with Crippen LogP contribution in [0.1, 0.15) is 38.2 Å². The Labute approximate surface area is 182 Å². The van der Waals surface area contributed by atoms with Crippen molar-refractivity contribution in [2.45, 2.75) is 39.2 Å². The molecular weight excluding hydrogens is 496 g/mol. The number of hydrogen-bond donors (Lipinski definition) is 0. The molecule has 0 aromatic heterocycles. The van der Waals surface area contributed by atoms with E-state index in [9.17, 15) is 14.4 Å². The Balaban J connectivity index is 2.69. The van der Waals surface area contributed by atoms with Crippen molar-refractivity contribution in [2.24, 2.45) is 5.41 Å². The molecular formula is C20H26Br2O6. The first-order valence-corrected chi connectivity index (χ1v) is 11.3. The molecule has 0 fully saturated rings. The summed E-state index contributed by atoms with van der Waals surface area (Å²) in [6.45, 7) is 1.22. The second kappa shape index (κ2) is 13.7. The van der Waals surface area contributed by atoms with E-state index in [1.165, 1.54) is 0 Å². The van der Waals surface area contributed by atoms with Gasteiger partial charge in [-0.1, -0.05) is 62.2 Å². The lowest BCUT2D eigenvalue weighted by molar-refractivity contribution is -0.171. The summed E-state index contributed by atoms with van der Waals surface area (Å²) in [6, 6.07) is 9.24. The highest BCUT2D eigenvalue weighted by Gasteiger charge is 2.38. The molecule has 1 aromatic rings. The largest absolute Gasteiger partial charge is 0.464 e. The number of rotatable bonds is 13. The van der Waals surface area contributed by atoms with E-state index in [4.69, 9.17) is 14.2 Å². The normalized spacial score (nSPS) is 11.0. The van der Waals surface area contributed by atoms with Crippen molar-refractivity contribution >= 4 is 49.8 Å². The zero-order valence-electron chi connectivity index (χ0n) is 16.0. The van der Waals surface area contributed by atoms with Crippen LogP contribution < -0.4 is 0 Å². The van der Waals surface area contributed by atoms with Crippen LogP contribution in [0.4, 0.5) is 0 Å². The van der Waals surface area contributed by atoms with Crippen LogP contribution in [0.25, 0.3) is 0 Å². The van der Waals surface area contributed by atoms with Crippen LogP contribution in [0.2, 0.25) is 0 Å². The summed E-state index contributed by atoms with van der Waals surface area (Å²) in [4.78, 5) is 36.3. The second-order valence-corrected chi connectivity index (χ2v) is 8.11. The maximum Gasteiger partial charge on any atom is 0.319 e. The fourth-order valence-electron chi connectivity index (χ4n) is 2.10. The van der Waals surface area contributed by atoms with Gasteiger partial charge in [-0.3, -0.25) is 14.4 Å². The summed E-state index contributed by atoms with van der Waals surface area (Å²) in [7, 11) is 0. The smallest absolute Gasteiger partial charge is 0.319 e. The Bertz CT molecular complexity index is 596. The molecule has 0 heterocycles. The fraction of sp³-hybridized carbons (Fsp3) is 0.550. The molecule has 6 nitrogen and oxygen atoms in total. The van der Waals surface area contributed by atoms with Gasteiger partial charge in [0.2, 0.25) is 0 Å². The van der Waals surface area contributed by atoms with Gasteiger partial charge in [0.15, 0.2) is 0 Å². The van der Waals surface area contributed by atoms with Gasteiger partial charge < -0.3 is 14.2 Å². The van der Waals surface area contributed by atoms with E-state index in [1.807, 2.05) is 30.3 Å². The third-order valence-corrected chi connectivity index (χ3v) is 4.96. The van der Waals surface area contributed by atoms with E-state index in [1.54, 1.807) is 6.92 Å². The lowest BCUT2D eigenvalue weighted by Crippen LogP contribution is -2.40. The molecule has 1 rings (SSSR count). The number of halogens is 2. The van der Waals surface area contributed by atoms with Gasteiger partial charge in [-0.25, -0.2) is 0 Å². The van der Waals surface area contributed by atoms with Gasteiger partial charge in [0, 0.05) is 23.5 Å². The minimum absolute atomic E-state index is 0.0876. The van der Waals surface area contributed by atoms with Gasteiger partial charge in [-0.05, 0) is 25.3 Å². The van der Waals surface area contributed by atoms with Gasteiger partial charge in [0.25, 0.3) is 0 Å². The van der Waals surface area contributed by atoms with E-state index in [2.05, 4.69) is 31.9 Å². The maximum atomic E-state index is 12.7. The number of esters is 3. The maximum absolute atomic E-state index is 12.7. The second-order valence-electron chi connectivity index (χ2n) is 6.53. The summed E-state index contributed by atoms with van der Waals surface area (Å²) < 4.78 is 15.9. The fourth-order valence-corrected chi connectivity index (χ4v) is 2.66. The van der Waals surface area contributed by atoms with Gasteiger partial charge >= 0.3 is 17.9 Å². The van der Waals surface area contributed by atoms with Crippen LogP contribution in [0.15, 0.2) is 30.3 Å². The Morgan fingerprint density at radius 2 is 1.36 bits per heavy atom. The first kappa shape index (κ1) is 24.6. The third kappa shape index (κ3) is 9.68. The van der Waals surface area contributed by atoms with E-state index in [0.717, 1.165) is 5.56 Å². The number of alkyl halides is 2. The molecule has 28 heavy (non-hydrogen) atoms.